The number of anilines is 1. The molecule has 1 amide bonds. The van der Waals surface area contributed by atoms with Crippen LogP contribution < -0.4 is 10.8 Å². The Hall–Kier alpha value is -2.97. The van der Waals surface area contributed by atoms with Gasteiger partial charge < -0.3 is 15.0 Å². The van der Waals surface area contributed by atoms with Crippen molar-refractivity contribution in [2.75, 3.05) is 5.32 Å². The van der Waals surface area contributed by atoms with Crippen molar-refractivity contribution in [2.45, 2.75) is 19.4 Å². The summed E-state index contributed by atoms with van der Waals surface area (Å²) in [4.78, 5) is 16.9. The predicted molar refractivity (Wildman–Crippen MR) is 103 cm³/mol. The second-order valence-electron chi connectivity index (χ2n) is 6.99. The maximum absolute atomic E-state index is 12.6. The number of aromatic nitrogens is 3. The normalized spacial score (nSPS) is 14.9. The molecule has 1 aromatic heterocycles. The highest BCUT2D eigenvalue weighted by atomic mass is 16.5. The third kappa shape index (κ3) is 3.13. The van der Waals surface area contributed by atoms with Crippen LogP contribution in [0.5, 0.6) is 0 Å². The lowest BCUT2D eigenvalue weighted by atomic mass is 9.78. The third-order valence-electron chi connectivity index (χ3n) is 4.63. The summed E-state index contributed by atoms with van der Waals surface area (Å²) in [5, 5.41) is 17.1. The number of fused-ring (bicyclic) bond motifs is 1. The average molecular weight is 362 g/mol. The first-order valence-corrected chi connectivity index (χ1v) is 8.63. The lowest BCUT2D eigenvalue weighted by Crippen LogP contribution is -2.29. The Morgan fingerprint density at radius 2 is 1.96 bits per heavy atom. The molecule has 0 bridgehead atoms. The lowest BCUT2D eigenvalue weighted by molar-refractivity contribution is 0.100. The van der Waals surface area contributed by atoms with Crippen LogP contribution in [-0.4, -0.2) is 32.8 Å². The molecule has 136 valence electrons. The number of carbonyl (C=O) groups excluding carboxylic acids is 1. The van der Waals surface area contributed by atoms with Gasteiger partial charge in [0, 0.05) is 18.3 Å². The maximum Gasteiger partial charge on any atom is 0.492 e. The SMILES string of the molecule is Cn1nc(C(=O)Nc2ccc3c(c2)B(O)OC3(C)C)nc1-c1ccccc1. The molecule has 0 aliphatic carbocycles. The summed E-state index contributed by atoms with van der Waals surface area (Å²) in [5.74, 6) is 0.273. The van der Waals surface area contributed by atoms with Gasteiger partial charge in [0.15, 0.2) is 5.82 Å². The molecule has 0 unspecified atom stereocenters. The van der Waals surface area contributed by atoms with Gasteiger partial charge in [0.2, 0.25) is 5.82 Å². The fraction of sp³-hybridized carbons (Fsp3) is 0.211. The van der Waals surface area contributed by atoms with E-state index >= 15 is 0 Å². The Morgan fingerprint density at radius 1 is 1.22 bits per heavy atom. The van der Waals surface area contributed by atoms with Gasteiger partial charge in [-0.1, -0.05) is 36.4 Å². The van der Waals surface area contributed by atoms with Crippen LogP contribution in [0, 0.1) is 0 Å². The molecule has 3 aromatic rings. The molecule has 2 aromatic carbocycles. The molecule has 8 heteroatoms. The van der Waals surface area contributed by atoms with Crippen LogP contribution in [-0.2, 0) is 17.3 Å². The summed E-state index contributed by atoms with van der Waals surface area (Å²) in [6, 6.07) is 14.9. The van der Waals surface area contributed by atoms with Crippen LogP contribution in [0.4, 0.5) is 5.69 Å². The van der Waals surface area contributed by atoms with E-state index in [0.717, 1.165) is 11.1 Å². The van der Waals surface area contributed by atoms with Crippen LogP contribution in [0.3, 0.4) is 0 Å². The quantitative estimate of drug-likeness (QED) is 0.692. The zero-order valence-corrected chi connectivity index (χ0v) is 15.3. The van der Waals surface area contributed by atoms with Gasteiger partial charge in [0.25, 0.3) is 5.91 Å². The van der Waals surface area contributed by atoms with Gasteiger partial charge in [-0.2, -0.15) is 0 Å². The summed E-state index contributed by atoms with van der Waals surface area (Å²) in [7, 11) is 0.738. The summed E-state index contributed by atoms with van der Waals surface area (Å²) in [5.41, 5.74) is 2.41. The van der Waals surface area contributed by atoms with Gasteiger partial charge >= 0.3 is 7.12 Å². The van der Waals surface area contributed by atoms with E-state index in [1.807, 2.05) is 50.2 Å². The number of nitrogens with zero attached hydrogens (tertiary/aromatic N) is 3. The molecule has 0 spiro atoms. The number of hydrogen-bond donors (Lipinski definition) is 2. The van der Waals surface area contributed by atoms with Crippen LogP contribution in [0.2, 0.25) is 0 Å². The lowest BCUT2D eigenvalue weighted by Gasteiger charge is -2.19. The number of benzene rings is 2. The Balaban J connectivity index is 1.58. The fourth-order valence-electron chi connectivity index (χ4n) is 3.31. The van der Waals surface area contributed by atoms with E-state index in [2.05, 4.69) is 15.4 Å². The Morgan fingerprint density at radius 3 is 2.70 bits per heavy atom. The van der Waals surface area contributed by atoms with Crippen molar-refractivity contribution < 1.29 is 14.5 Å². The largest absolute Gasteiger partial charge is 0.492 e. The van der Waals surface area contributed by atoms with Gasteiger partial charge in [-0.15, -0.1) is 5.10 Å². The Kier molecular flexibility index (Phi) is 4.09. The second kappa shape index (κ2) is 6.33. The van der Waals surface area contributed by atoms with E-state index in [1.165, 1.54) is 0 Å². The highest BCUT2D eigenvalue weighted by molar-refractivity contribution is 6.62. The minimum absolute atomic E-state index is 0.0778. The summed E-state index contributed by atoms with van der Waals surface area (Å²) >= 11 is 0. The maximum atomic E-state index is 12.6. The van der Waals surface area contributed by atoms with E-state index in [9.17, 15) is 9.82 Å². The number of hydrogen-bond acceptors (Lipinski definition) is 5. The van der Waals surface area contributed by atoms with Crippen LogP contribution in [0.25, 0.3) is 11.4 Å². The molecule has 0 radical (unpaired) electrons. The number of amides is 1. The number of nitrogens with one attached hydrogen (secondary N) is 1. The smallest absolute Gasteiger partial charge is 0.423 e. The first kappa shape index (κ1) is 17.4. The molecule has 0 saturated carbocycles. The molecule has 7 nitrogen and oxygen atoms in total. The summed E-state index contributed by atoms with van der Waals surface area (Å²) in [6.07, 6.45) is 0. The fourth-order valence-corrected chi connectivity index (χ4v) is 3.31. The molecule has 0 atom stereocenters. The molecule has 0 saturated heterocycles. The highest BCUT2D eigenvalue weighted by Gasteiger charge is 2.40. The predicted octanol–water partition coefficient (Wildman–Crippen LogP) is 1.69. The molecular formula is C19H19BN4O3. The van der Waals surface area contributed by atoms with Crippen molar-refractivity contribution in [3.05, 3.63) is 59.9 Å². The molecule has 27 heavy (non-hydrogen) atoms. The standard InChI is InChI=1S/C19H19BN4O3/c1-19(2)14-10-9-13(11-15(14)20(26)27-19)21-18(25)16-22-17(24(3)23-16)12-7-5-4-6-8-12/h4-11,26H,1-3H3,(H,21,25). The van der Waals surface area contributed by atoms with E-state index in [0.29, 0.717) is 17.0 Å². The Labute approximate surface area is 157 Å². The van der Waals surface area contributed by atoms with Crippen LogP contribution >= 0.6 is 0 Å². The van der Waals surface area contributed by atoms with Gasteiger partial charge in [-0.25, -0.2) is 9.67 Å². The van der Waals surface area contributed by atoms with Crippen molar-refractivity contribution in [1.82, 2.24) is 14.8 Å². The van der Waals surface area contributed by atoms with Gasteiger partial charge in [0.1, 0.15) is 0 Å². The zero-order chi connectivity index (χ0) is 19.2. The first-order chi connectivity index (χ1) is 12.8. The van der Waals surface area contributed by atoms with E-state index in [-0.39, 0.29) is 5.82 Å². The first-order valence-electron chi connectivity index (χ1n) is 8.63. The summed E-state index contributed by atoms with van der Waals surface area (Å²) in [6.45, 7) is 3.78. The molecule has 1 aliphatic rings. The molecular weight excluding hydrogens is 343 g/mol. The van der Waals surface area contributed by atoms with Crippen molar-refractivity contribution >= 4 is 24.2 Å². The Bertz CT molecular complexity index is 1020. The minimum atomic E-state index is -1.01. The van der Waals surface area contributed by atoms with Gasteiger partial charge in [0.05, 0.1) is 5.60 Å². The number of carbonyl (C=O) groups is 1. The van der Waals surface area contributed by atoms with Crippen molar-refractivity contribution in [3.8, 4) is 11.4 Å². The van der Waals surface area contributed by atoms with Crippen LogP contribution in [0.1, 0.15) is 30.0 Å². The minimum Gasteiger partial charge on any atom is -0.423 e. The number of rotatable bonds is 3. The average Bonchev–Trinajstić information content (AvgIpc) is 3.13. The van der Waals surface area contributed by atoms with E-state index in [1.54, 1.807) is 23.9 Å². The van der Waals surface area contributed by atoms with Gasteiger partial charge in [-0.05, 0) is 37.0 Å². The van der Waals surface area contributed by atoms with Gasteiger partial charge in [-0.3, -0.25) is 4.79 Å². The monoisotopic (exact) mass is 362 g/mol. The van der Waals surface area contributed by atoms with Crippen molar-refractivity contribution in [3.63, 3.8) is 0 Å². The van der Waals surface area contributed by atoms with Crippen molar-refractivity contribution in [2.24, 2.45) is 7.05 Å². The van der Waals surface area contributed by atoms with E-state index < -0.39 is 18.6 Å². The molecule has 2 N–H and O–H groups in total. The molecule has 1 aliphatic heterocycles. The summed E-state index contributed by atoms with van der Waals surface area (Å²) < 4.78 is 7.12. The highest BCUT2D eigenvalue weighted by Crippen LogP contribution is 2.30. The molecule has 0 fully saturated rings. The topological polar surface area (TPSA) is 89.3 Å². The molecule has 4 rings (SSSR count). The van der Waals surface area contributed by atoms with Crippen molar-refractivity contribution in [1.29, 1.82) is 0 Å². The van der Waals surface area contributed by atoms with Crippen LogP contribution in [0.15, 0.2) is 48.5 Å². The zero-order valence-electron chi connectivity index (χ0n) is 15.3. The number of aryl methyl sites for hydroxylation is 1. The second-order valence-corrected chi connectivity index (χ2v) is 6.99. The third-order valence-corrected chi connectivity index (χ3v) is 4.63. The van der Waals surface area contributed by atoms with E-state index in [4.69, 9.17) is 4.65 Å². The molecule has 2 heterocycles.